The number of rotatable bonds is 1. The van der Waals surface area contributed by atoms with Gasteiger partial charge in [-0.05, 0) is 43.2 Å². The first-order valence-corrected chi connectivity index (χ1v) is 7.39. The molecule has 100 valence electrons. The normalized spacial score (nSPS) is 35.7. The van der Waals surface area contributed by atoms with E-state index in [2.05, 4.69) is 23.1 Å². The molecule has 3 atom stereocenters. The fourth-order valence-electron chi connectivity index (χ4n) is 4.24. The molecule has 2 bridgehead atoms. The Bertz CT molecular complexity index is 513. The van der Waals surface area contributed by atoms with Crippen LogP contribution in [0.5, 0.6) is 0 Å². The molecule has 2 heterocycles. The van der Waals surface area contributed by atoms with Crippen LogP contribution in [0.3, 0.4) is 0 Å². The Kier molecular flexibility index (Phi) is 2.46. The topological polar surface area (TPSA) is 46.3 Å². The molecule has 2 fully saturated rings. The van der Waals surface area contributed by atoms with Crippen molar-refractivity contribution in [3.8, 4) is 0 Å². The summed E-state index contributed by atoms with van der Waals surface area (Å²) < 4.78 is 0. The predicted octanol–water partition coefficient (Wildman–Crippen LogP) is 1.81. The summed E-state index contributed by atoms with van der Waals surface area (Å²) in [6.45, 7) is 0. The third kappa shape index (κ3) is 1.64. The number of piperidine rings is 1. The van der Waals surface area contributed by atoms with Crippen molar-refractivity contribution in [1.82, 2.24) is 4.90 Å². The Labute approximate surface area is 113 Å². The molecule has 1 aromatic rings. The van der Waals surface area contributed by atoms with Gasteiger partial charge in [-0.15, -0.1) is 0 Å². The van der Waals surface area contributed by atoms with Gasteiger partial charge in [-0.2, -0.15) is 0 Å². The molecule has 3 nitrogen and oxygen atoms in total. The van der Waals surface area contributed by atoms with Gasteiger partial charge in [0.2, 0.25) is 5.91 Å². The third-order valence-electron chi connectivity index (χ3n) is 5.18. The molecule has 0 saturated carbocycles. The smallest absolute Gasteiger partial charge is 0.230 e. The lowest BCUT2D eigenvalue weighted by atomic mass is 9.76. The van der Waals surface area contributed by atoms with E-state index in [0.717, 1.165) is 32.1 Å². The monoisotopic (exact) mass is 256 g/mol. The lowest BCUT2D eigenvalue weighted by molar-refractivity contribution is -0.138. The summed E-state index contributed by atoms with van der Waals surface area (Å²) in [5, 5.41) is 0. The van der Waals surface area contributed by atoms with Gasteiger partial charge >= 0.3 is 0 Å². The number of carbonyl (C=O) groups is 1. The summed E-state index contributed by atoms with van der Waals surface area (Å²) in [5.41, 5.74) is 8.68. The fourth-order valence-corrected chi connectivity index (χ4v) is 4.24. The average Bonchev–Trinajstić information content (AvgIpc) is 2.63. The van der Waals surface area contributed by atoms with Gasteiger partial charge in [0.05, 0.1) is 5.92 Å². The summed E-state index contributed by atoms with van der Waals surface area (Å²) in [7, 11) is 0. The van der Waals surface area contributed by atoms with Crippen LogP contribution in [0.1, 0.15) is 42.7 Å². The number of amides is 1. The van der Waals surface area contributed by atoms with E-state index < -0.39 is 0 Å². The number of nitrogens with two attached hydrogens (primary N) is 1. The van der Waals surface area contributed by atoms with Gasteiger partial charge in [0, 0.05) is 18.1 Å². The van der Waals surface area contributed by atoms with E-state index in [4.69, 9.17) is 5.73 Å². The molecular formula is C16H20N2O. The SMILES string of the molecule is NC1CC2CCC(C1)N2C(=O)C1Cc2ccccc21. The molecule has 0 spiro atoms. The molecular weight excluding hydrogens is 236 g/mol. The number of fused-ring (bicyclic) bond motifs is 3. The van der Waals surface area contributed by atoms with E-state index in [-0.39, 0.29) is 5.92 Å². The number of benzene rings is 1. The minimum absolute atomic E-state index is 0.119. The lowest BCUT2D eigenvalue weighted by Gasteiger charge is -2.42. The van der Waals surface area contributed by atoms with Crippen LogP contribution < -0.4 is 5.73 Å². The zero-order valence-corrected chi connectivity index (χ0v) is 11.1. The minimum Gasteiger partial charge on any atom is -0.336 e. The van der Waals surface area contributed by atoms with E-state index in [1.54, 1.807) is 0 Å². The second-order valence-corrected chi connectivity index (χ2v) is 6.32. The van der Waals surface area contributed by atoms with Crippen molar-refractivity contribution >= 4 is 5.91 Å². The van der Waals surface area contributed by atoms with Crippen LogP contribution in [0.25, 0.3) is 0 Å². The first kappa shape index (κ1) is 11.5. The number of nitrogens with zero attached hydrogens (tertiary/aromatic N) is 1. The predicted molar refractivity (Wildman–Crippen MR) is 73.8 cm³/mol. The van der Waals surface area contributed by atoms with E-state index in [0.29, 0.717) is 24.0 Å². The second kappa shape index (κ2) is 4.07. The van der Waals surface area contributed by atoms with Crippen molar-refractivity contribution in [3.63, 3.8) is 0 Å². The highest BCUT2D eigenvalue weighted by Gasteiger charge is 2.46. The zero-order chi connectivity index (χ0) is 13.0. The molecule has 1 aliphatic carbocycles. The lowest BCUT2D eigenvalue weighted by Crippen LogP contribution is -2.52. The van der Waals surface area contributed by atoms with Crippen LogP contribution in [-0.2, 0) is 11.2 Å². The summed E-state index contributed by atoms with van der Waals surface area (Å²) >= 11 is 0. The van der Waals surface area contributed by atoms with E-state index >= 15 is 0 Å². The zero-order valence-electron chi connectivity index (χ0n) is 11.1. The van der Waals surface area contributed by atoms with Crippen LogP contribution in [0, 0.1) is 0 Å². The molecule has 19 heavy (non-hydrogen) atoms. The molecule has 0 aromatic heterocycles. The minimum atomic E-state index is 0.119. The Balaban J connectivity index is 1.57. The van der Waals surface area contributed by atoms with Crippen LogP contribution in [0.4, 0.5) is 0 Å². The quantitative estimate of drug-likeness (QED) is 0.833. The Hall–Kier alpha value is -1.35. The molecule has 2 aliphatic heterocycles. The average molecular weight is 256 g/mol. The van der Waals surface area contributed by atoms with E-state index in [9.17, 15) is 4.79 Å². The Morgan fingerprint density at radius 3 is 2.53 bits per heavy atom. The summed E-state index contributed by atoms with van der Waals surface area (Å²) in [6.07, 6.45) is 5.22. The summed E-state index contributed by atoms with van der Waals surface area (Å²) in [6, 6.07) is 9.47. The van der Waals surface area contributed by atoms with Gasteiger partial charge in [0.1, 0.15) is 0 Å². The maximum Gasteiger partial charge on any atom is 0.230 e. The molecule has 2 N–H and O–H groups in total. The maximum atomic E-state index is 12.8. The van der Waals surface area contributed by atoms with Crippen LogP contribution >= 0.6 is 0 Å². The van der Waals surface area contributed by atoms with Gasteiger partial charge in [-0.1, -0.05) is 24.3 Å². The van der Waals surface area contributed by atoms with Gasteiger partial charge in [-0.25, -0.2) is 0 Å². The van der Waals surface area contributed by atoms with Crippen molar-refractivity contribution in [2.24, 2.45) is 5.73 Å². The molecule has 2 saturated heterocycles. The van der Waals surface area contributed by atoms with Crippen molar-refractivity contribution < 1.29 is 4.79 Å². The first-order valence-electron chi connectivity index (χ1n) is 7.39. The molecule has 1 aromatic carbocycles. The fraction of sp³-hybridized carbons (Fsp3) is 0.562. The number of carbonyl (C=O) groups excluding carboxylic acids is 1. The van der Waals surface area contributed by atoms with Gasteiger partial charge in [0.15, 0.2) is 0 Å². The molecule has 3 aliphatic rings. The maximum absolute atomic E-state index is 12.8. The van der Waals surface area contributed by atoms with E-state index in [1.807, 2.05) is 6.07 Å². The highest BCUT2D eigenvalue weighted by Crippen LogP contribution is 2.42. The van der Waals surface area contributed by atoms with Crippen molar-refractivity contribution in [3.05, 3.63) is 35.4 Å². The first-order chi connectivity index (χ1) is 9.24. The summed E-state index contributed by atoms with van der Waals surface area (Å²) in [4.78, 5) is 15.0. The van der Waals surface area contributed by atoms with Gasteiger partial charge in [0.25, 0.3) is 0 Å². The molecule has 3 unspecified atom stereocenters. The molecule has 0 radical (unpaired) electrons. The van der Waals surface area contributed by atoms with Crippen LogP contribution in [0.2, 0.25) is 0 Å². The van der Waals surface area contributed by atoms with Gasteiger partial charge < -0.3 is 10.6 Å². The van der Waals surface area contributed by atoms with Crippen molar-refractivity contribution in [2.75, 3.05) is 0 Å². The van der Waals surface area contributed by atoms with E-state index in [1.165, 1.54) is 11.1 Å². The molecule has 4 rings (SSSR count). The standard InChI is InChI=1S/C16H20N2O/c17-11-8-12-5-6-13(9-11)18(12)16(19)15-7-10-3-1-2-4-14(10)15/h1-4,11-13,15H,5-9,17H2. The second-order valence-electron chi connectivity index (χ2n) is 6.32. The Morgan fingerprint density at radius 1 is 1.16 bits per heavy atom. The third-order valence-corrected chi connectivity index (χ3v) is 5.18. The van der Waals surface area contributed by atoms with Gasteiger partial charge in [-0.3, -0.25) is 4.79 Å². The van der Waals surface area contributed by atoms with Crippen molar-refractivity contribution in [2.45, 2.75) is 56.1 Å². The largest absolute Gasteiger partial charge is 0.336 e. The van der Waals surface area contributed by atoms with Crippen LogP contribution in [0.15, 0.2) is 24.3 Å². The van der Waals surface area contributed by atoms with Crippen molar-refractivity contribution in [1.29, 1.82) is 0 Å². The number of hydrogen-bond acceptors (Lipinski definition) is 2. The molecule has 3 heteroatoms. The Morgan fingerprint density at radius 2 is 1.84 bits per heavy atom. The highest BCUT2D eigenvalue weighted by atomic mass is 16.2. The summed E-state index contributed by atoms with van der Waals surface area (Å²) in [5.74, 6) is 0.478. The number of hydrogen-bond donors (Lipinski definition) is 1. The molecule has 1 amide bonds. The van der Waals surface area contributed by atoms with Crippen LogP contribution in [-0.4, -0.2) is 28.9 Å². The highest BCUT2D eigenvalue weighted by molar-refractivity contribution is 5.87.